The Labute approximate surface area is 241 Å². The average Bonchev–Trinajstić information content (AvgIpc) is 3.50. The normalized spacial score (nSPS) is 33.0. The molecular formula is C32H39N3O6. The van der Waals surface area contributed by atoms with Gasteiger partial charge in [-0.15, -0.1) is 0 Å². The van der Waals surface area contributed by atoms with Gasteiger partial charge in [0, 0.05) is 49.1 Å². The predicted molar refractivity (Wildman–Crippen MR) is 155 cm³/mol. The number of hydrogen-bond donors (Lipinski definition) is 2. The SMILES string of the molecule is CC[C@]12C=CCN3CC[C@@]4(c5ccc(OC)cc5N(C)[C@H]4[C@@](O)(CNC(=O)c4ccccc4OC)[C@@H]1OC(C)=O)C32. The van der Waals surface area contributed by atoms with E-state index in [-0.39, 0.29) is 18.5 Å². The molecule has 1 saturated carbocycles. The minimum absolute atomic E-state index is 0.0124. The van der Waals surface area contributed by atoms with Gasteiger partial charge in [0.2, 0.25) is 0 Å². The summed E-state index contributed by atoms with van der Waals surface area (Å²) in [6.07, 6.45) is 4.87. The number of carbonyl (C=O) groups is 2. The Hall–Kier alpha value is -3.56. The number of benzene rings is 2. The zero-order chi connectivity index (χ0) is 29.2. The molecule has 1 aliphatic carbocycles. The topological polar surface area (TPSA) is 101 Å². The maximum absolute atomic E-state index is 13.5. The Morgan fingerprint density at radius 2 is 1.90 bits per heavy atom. The van der Waals surface area contributed by atoms with Crippen molar-refractivity contribution >= 4 is 17.6 Å². The first-order valence-corrected chi connectivity index (χ1v) is 14.3. The standard InChI is InChI=1S/C32H39N3O6/c1-6-30-14-9-16-35-17-15-31(27(30)35)23-13-12-21(39-4)18-24(23)34(3)28(31)32(38,29(30)41-20(2)36)19-33-26(37)22-10-7-8-11-25(22)40-5/h7-14,18,27-29,38H,6,15-17,19H2,1-5H3,(H,33,37)/t27?,28-,29-,30-,31-,32+/m1/s1. The molecule has 6 atom stereocenters. The molecule has 3 aliphatic heterocycles. The van der Waals surface area contributed by atoms with E-state index in [0.29, 0.717) is 17.7 Å². The van der Waals surface area contributed by atoms with Crippen molar-refractivity contribution in [3.8, 4) is 11.5 Å². The number of hydrogen-bond acceptors (Lipinski definition) is 8. The van der Waals surface area contributed by atoms with E-state index in [1.165, 1.54) is 14.0 Å². The van der Waals surface area contributed by atoms with E-state index in [9.17, 15) is 14.7 Å². The molecule has 41 heavy (non-hydrogen) atoms. The second-order valence-electron chi connectivity index (χ2n) is 11.8. The highest BCUT2D eigenvalue weighted by molar-refractivity contribution is 5.97. The molecule has 9 nitrogen and oxygen atoms in total. The summed E-state index contributed by atoms with van der Waals surface area (Å²) in [4.78, 5) is 30.9. The molecule has 1 unspecified atom stereocenters. The number of nitrogens with zero attached hydrogens (tertiary/aromatic N) is 2. The van der Waals surface area contributed by atoms with Gasteiger partial charge in [-0.1, -0.05) is 37.3 Å². The number of anilines is 1. The number of methoxy groups -OCH3 is 2. The van der Waals surface area contributed by atoms with Gasteiger partial charge in [0.05, 0.1) is 32.4 Å². The monoisotopic (exact) mass is 561 g/mol. The van der Waals surface area contributed by atoms with E-state index in [4.69, 9.17) is 14.2 Å². The van der Waals surface area contributed by atoms with Crippen LogP contribution in [0.1, 0.15) is 42.6 Å². The zero-order valence-corrected chi connectivity index (χ0v) is 24.3. The first-order chi connectivity index (χ1) is 19.7. The number of likely N-dealkylation sites (N-methyl/N-ethyl adjacent to an activating group) is 1. The lowest BCUT2D eigenvalue weighted by Crippen LogP contribution is -2.81. The smallest absolute Gasteiger partial charge is 0.303 e. The van der Waals surface area contributed by atoms with Gasteiger partial charge < -0.3 is 29.5 Å². The number of amides is 1. The van der Waals surface area contributed by atoms with Crippen molar-refractivity contribution in [1.29, 1.82) is 0 Å². The molecule has 2 aromatic carbocycles. The Morgan fingerprint density at radius 1 is 1.12 bits per heavy atom. The summed E-state index contributed by atoms with van der Waals surface area (Å²) >= 11 is 0. The molecule has 2 aromatic rings. The first-order valence-electron chi connectivity index (χ1n) is 14.3. The minimum Gasteiger partial charge on any atom is -0.497 e. The van der Waals surface area contributed by atoms with Crippen LogP contribution in [-0.2, 0) is 14.9 Å². The summed E-state index contributed by atoms with van der Waals surface area (Å²) in [5.41, 5.74) is -0.292. The van der Waals surface area contributed by atoms with Crippen molar-refractivity contribution < 1.29 is 28.9 Å². The summed E-state index contributed by atoms with van der Waals surface area (Å²) in [7, 11) is 5.15. The van der Waals surface area contributed by atoms with Gasteiger partial charge in [0.25, 0.3) is 5.91 Å². The van der Waals surface area contributed by atoms with Gasteiger partial charge in [0.1, 0.15) is 23.2 Å². The number of rotatable bonds is 7. The molecule has 1 amide bonds. The number of carbonyl (C=O) groups excluding carboxylic acids is 2. The van der Waals surface area contributed by atoms with Gasteiger partial charge in [-0.25, -0.2) is 0 Å². The van der Waals surface area contributed by atoms with E-state index in [2.05, 4.69) is 40.3 Å². The third-order valence-electron chi connectivity index (χ3n) is 10.1. The van der Waals surface area contributed by atoms with Crippen LogP contribution in [-0.4, -0.2) is 86.6 Å². The van der Waals surface area contributed by atoms with Crippen molar-refractivity contribution in [1.82, 2.24) is 10.2 Å². The Bertz CT molecular complexity index is 1410. The Kier molecular flexibility index (Phi) is 6.58. The van der Waals surface area contributed by atoms with Crippen molar-refractivity contribution in [3.05, 3.63) is 65.7 Å². The number of fused-ring (bicyclic) bond motifs is 1. The fourth-order valence-corrected chi connectivity index (χ4v) is 8.79. The molecule has 0 radical (unpaired) electrons. The van der Waals surface area contributed by atoms with Crippen LogP contribution in [0.2, 0.25) is 0 Å². The molecule has 0 aromatic heterocycles. The quantitative estimate of drug-likeness (QED) is 0.393. The van der Waals surface area contributed by atoms with E-state index < -0.39 is 34.5 Å². The van der Waals surface area contributed by atoms with Gasteiger partial charge in [-0.2, -0.15) is 0 Å². The van der Waals surface area contributed by atoms with Crippen LogP contribution >= 0.6 is 0 Å². The molecule has 4 aliphatic rings. The van der Waals surface area contributed by atoms with Crippen LogP contribution in [0.4, 0.5) is 5.69 Å². The number of ether oxygens (including phenoxy) is 3. The second-order valence-corrected chi connectivity index (χ2v) is 11.8. The van der Waals surface area contributed by atoms with E-state index >= 15 is 0 Å². The minimum atomic E-state index is -1.64. The maximum atomic E-state index is 13.5. The van der Waals surface area contributed by atoms with Crippen LogP contribution in [0, 0.1) is 5.41 Å². The summed E-state index contributed by atoms with van der Waals surface area (Å²) in [5.74, 6) is 0.340. The fraction of sp³-hybridized carbons (Fsp3) is 0.500. The lowest BCUT2D eigenvalue weighted by atomic mass is 9.47. The average molecular weight is 562 g/mol. The lowest BCUT2D eigenvalue weighted by molar-refractivity contribution is -0.216. The predicted octanol–water partition coefficient (Wildman–Crippen LogP) is 2.91. The fourth-order valence-electron chi connectivity index (χ4n) is 8.79. The molecule has 6 rings (SSSR count). The molecule has 2 fully saturated rings. The molecule has 0 bridgehead atoms. The summed E-state index contributed by atoms with van der Waals surface area (Å²) in [6, 6.07) is 12.6. The van der Waals surface area contributed by atoms with Crippen LogP contribution in [0.5, 0.6) is 11.5 Å². The highest BCUT2D eigenvalue weighted by Crippen LogP contribution is 2.67. The van der Waals surface area contributed by atoms with Crippen molar-refractivity contribution in [3.63, 3.8) is 0 Å². The zero-order valence-electron chi connectivity index (χ0n) is 24.3. The Morgan fingerprint density at radius 3 is 2.61 bits per heavy atom. The van der Waals surface area contributed by atoms with Crippen LogP contribution in [0.25, 0.3) is 0 Å². The lowest BCUT2D eigenvalue weighted by Gasteiger charge is -2.64. The number of aliphatic hydroxyl groups is 1. The number of esters is 1. The van der Waals surface area contributed by atoms with E-state index in [1.807, 2.05) is 19.2 Å². The number of para-hydroxylation sites is 1. The van der Waals surface area contributed by atoms with Crippen LogP contribution in [0.3, 0.4) is 0 Å². The van der Waals surface area contributed by atoms with Crippen molar-refractivity contribution in [2.45, 2.75) is 55.9 Å². The second kappa shape index (κ2) is 9.77. The molecule has 9 heteroatoms. The molecule has 3 heterocycles. The Balaban J connectivity index is 1.54. The molecule has 2 N–H and O–H groups in total. The molecule has 1 saturated heterocycles. The summed E-state index contributed by atoms with van der Waals surface area (Å²) in [6.45, 7) is 5.01. The molecular weight excluding hydrogens is 522 g/mol. The first kappa shape index (κ1) is 27.6. The van der Waals surface area contributed by atoms with Crippen molar-refractivity contribution in [2.24, 2.45) is 5.41 Å². The highest BCUT2D eigenvalue weighted by Gasteiger charge is 2.77. The largest absolute Gasteiger partial charge is 0.497 e. The maximum Gasteiger partial charge on any atom is 0.303 e. The van der Waals surface area contributed by atoms with Gasteiger partial charge in [-0.3, -0.25) is 14.5 Å². The highest BCUT2D eigenvalue weighted by atomic mass is 16.6. The van der Waals surface area contributed by atoms with Crippen LogP contribution < -0.4 is 19.7 Å². The third-order valence-corrected chi connectivity index (χ3v) is 10.1. The summed E-state index contributed by atoms with van der Waals surface area (Å²) < 4.78 is 17.2. The van der Waals surface area contributed by atoms with E-state index in [0.717, 1.165) is 36.5 Å². The van der Waals surface area contributed by atoms with Gasteiger partial charge >= 0.3 is 5.97 Å². The number of nitrogens with one attached hydrogen (secondary N) is 1. The molecule has 1 spiro atoms. The third kappa shape index (κ3) is 3.68. The van der Waals surface area contributed by atoms with Crippen molar-refractivity contribution in [2.75, 3.05) is 45.8 Å². The van der Waals surface area contributed by atoms with Gasteiger partial charge in [0.15, 0.2) is 0 Å². The van der Waals surface area contributed by atoms with Gasteiger partial charge in [-0.05, 0) is 43.1 Å². The summed E-state index contributed by atoms with van der Waals surface area (Å²) in [5, 5.41) is 16.2. The van der Waals surface area contributed by atoms with Crippen LogP contribution in [0.15, 0.2) is 54.6 Å². The molecule has 218 valence electrons. The van der Waals surface area contributed by atoms with E-state index in [1.54, 1.807) is 31.4 Å².